The largest absolute Gasteiger partial charge is 0.465 e. The number of hydrogen-bond acceptors (Lipinski definition) is 5. The number of hydrogen-bond donors (Lipinski definition) is 1. The molecule has 2 unspecified atom stereocenters. The predicted octanol–water partition coefficient (Wildman–Crippen LogP) is 1.03. The lowest BCUT2D eigenvalue weighted by Gasteiger charge is -2.35. The fourth-order valence-corrected chi connectivity index (χ4v) is 2.16. The third-order valence-corrected chi connectivity index (χ3v) is 3.55. The Labute approximate surface area is 116 Å². The van der Waals surface area contributed by atoms with Crippen LogP contribution < -0.4 is 5.32 Å². The number of carbonyl (C=O) groups excluding carboxylic acids is 1. The fourth-order valence-electron chi connectivity index (χ4n) is 2.16. The maximum Gasteiger partial charge on any atom is 0.327 e. The van der Waals surface area contributed by atoms with Crippen LogP contribution in [0.2, 0.25) is 0 Å². The van der Waals surface area contributed by atoms with Gasteiger partial charge in [-0.3, -0.25) is 15.0 Å². The second-order valence-corrected chi connectivity index (χ2v) is 5.69. The van der Waals surface area contributed by atoms with Crippen molar-refractivity contribution in [3.05, 3.63) is 0 Å². The first-order chi connectivity index (χ1) is 8.92. The van der Waals surface area contributed by atoms with Gasteiger partial charge in [-0.1, -0.05) is 0 Å². The van der Waals surface area contributed by atoms with Crippen LogP contribution in [0.5, 0.6) is 0 Å². The van der Waals surface area contributed by atoms with Crippen molar-refractivity contribution in [3.63, 3.8) is 0 Å². The van der Waals surface area contributed by atoms with Gasteiger partial charge in [-0.15, -0.1) is 0 Å². The van der Waals surface area contributed by atoms with Crippen LogP contribution in [0.4, 0.5) is 0 Å². The highest BCUT2D eigenvalue weighted by molar-refractivity contribution is 5.80. The first-order valence-electron chi connectivity index (χ1n) is 7.07. The van der Waals surface area contributed by atoms with Gasteiger partial charge in [0, 0.05) is 25.7 Å². The summed E-state index contributed by atoms with van der Waals surface area (Å²) in [5.41, 5.74) is -0.645. The minimum Gasteiger partial charge on any atom is -0.465 e. The zero-order valence-electron chi connectivity index (χ0n) is 12.9. The molecule has 0 radical (unpaired) electrons. The molecule has 0 aromatic carbocycles. The molecule has 1 N–H and O–H groups in total. The molecule has 1 fully saturated rings. The van der Waals surface area contributed by atoms with Crippen molar-refractivity contribution in [2.45, 2.75) is 51.2 Å². The minimum absolute atomic E-state index is 0.168. The molecule has 0 amide bonds. The van der Waals surface area contributed by atoms with Crippen molar-refractivity contribution in [1.29, 1.82) is 0 Å². The first-order valence-corrected chi connectivity index (χ1v) is 7.07. The van der Waals surface area contributed by atoms with Gasteiger partial charge in [-0.25, -0.2) is 0 Å². The molecule has 0 aliphatic heterocycles. The van der Waals surface area contributed by atoms with Crippen LogP contribution in [0.3, 0.4) is 0 Å². The van der Waals surface area contributed by atoms with E-state index in [1.165, 1.54) is 0 Å². The van der Waals surface area contributed by atoms with Crippen LogP contribution in [-0.2, 0) is 14.3 Å². The van der Waals surface area contributed by atoms with Crippen molar-refractivity contribution in [2.75, 3.05) is 33.9 Å². The van der Waals surface area contributed by atoms with E-state index in [2.05, 4.69) is 17.1 Å². The number of nitrogens with zero attached hydrogens (tertiary/aromatic N) is 1. The van der Waals surface area contributed by atoms with Gasteiger partial charge in [0.2, 0.25) is 0 Å². The van der Waals surface area contributed by atoms with E-state index in [4.69, 9.17) is 9.47 Å². The van der Waals surface area contributed by atoms with Crippen LogP contribution >= 0.6 is 0 Å². The summed E-state index contributed by atoms with van der Waals surface area (Å²) in [4.78, 5) is 14.3. The molecule has 1 saturated carbocycles. The van der Waals surface area contributed by atoms with Crippen molar-refractivity contribution in [2.24, 2.45) is 0 Å². The second-order valence-electron chi connectivity index (χ2n) is 5.69. The summed E-state index contributed by atoms with van der Waals surface area (Å²) < 4.78 is 10.4. The van der Waals surface area contributed by atoms with Crippen LogP contribution in [0.25, 0.3) is 0 Å². The molecule has 5 nitrogen and oxygen atoms in total. The van der Waals surface area contributed by atoms with Crippen LogP contribution in [0.15, 0.2) is 0 Å². The number of methoxy groups -OCH3 is 1. The number of nitrogens with one attached hydrogen (secondary N) is 1. The highest BCUT2D eigenvalue weighted by Gasteiger charge is 2.41. The average Bonchev–Trinajstić information content (AvgIpc) is 3.13. The standard InChI is InChI=1S/C14H28N2O3/c1-6-19-13(17)14(3,15-12-7-8-12)10-16(4)11(2)9-18-5/h11-12,15H,6-10H2,1-5H3. The van der Waals surface area contributed by atoms with Gasteiger partial charge in [0.15, 0.2) is 0 Å². The Bertz CT molecular complexity index is 294. The summed E-state index contributed by atoms with van der Waals surface area (Å²) in [5, 5.41) is 3.42. The monoisotopic (exact) mass is 272 g/mol. The second kappa shape index (κ2) is 7.22. The zero-order chi connectivity index (χ0) is 14.5. The highest BCUT2D eigenvalue weighted by Crippen LogP contribution is 2.24. The molecule has 0 saturated heterocycles. The van der Waals surface area contributed by atoms with E-state index in [0.717, 1.165) is 12.8 Å². The highest BCUT2D eigenvalue weighted by atomic mass is 16.5. The van der Waals surface area contributed by atoms with Gasteiger partial charge >= 0.3 is 5.97 Å². The topological polar surface area (TPSA) is 50.8 Å². The number of ether oxygens (including phenoxy) is 2. The van der Waals surface area contributed by atoms with Crippen molar-refractivity contribution < 1.29 is 14.3 Å². The Balaban J connectivity index is 2.64. The minimum atomic E-state index is -0.645. The molecule has 0 spiro atoms. The lowest BCUT2D eigenvalue weighted by Crippen LogP contribution is -2.59. The molecular formula is C14H28N2O3. The van der Waals surface area contributed by atoms with Gasteiger partial charge in [0.05, 0.1) is 13.2 Å². The van der Waals surface area contributed by atoms with Crippen molar-refractivity contribution in [3.8, 4) is 0 Å². The summed E-state index contributed by atoms with van der Waals surface area (Å²) in [6.07, 6.45) is 2.29. The Hall–Kier alpha value is -0.650. The van der Waals surface area contributed by atoms with E-state index in [0.29, 0.717) is 25.8 Å². The average molecular weight is 272 g/mol. The molecule has 1 rings (SSSR count). The molecule has 112 valence electrons. The quantitative estimate of drug-likeness (QED) is 0.635. The normalized spacial score (nSPS) is 20.1. The Kier molecular flexibility index (Phi) is 6.23. The van der Waals surface area contributed by atoms with Crippen molar-refractivity contribution >= 4 is 5.97 Å². The Morgan fingerprint density at radius 3 is 2.63 bits per heavy atom. The fraction of sp³-hybridized carbons (Fsp3) is 0.929. The van der Waals surface area contributed by atoms with E-state index in [1.807, 2.05) is 20.9 Å². The maximum atomic E-state index is 12.2. The number of likely N-dealkylation sites (N-methyl/N-ethyl adjacent to an activating group) is 1. The van der Waals surface area contributed by atoms with E-state index in [1.54, 1.807) is 7.11 Å². The van der Waals surface area contributed by atoms with Crippen LogP contribution in [0.1, 0.15) is 33.6 Å². The first kappa shape index (κ1) is 16.4. The Morgan fingerprint density at radius 2 is 2.16 bits per heavy atom. The molecule has 1 aliphatic rings. The molecule has 0 aromatic rings. The van der Waals surface area contributed by atoms with Gasteiger partial charge in [0.25, 0.3) is 0 Å². The lowest BCUT2D eigenvalue weighted by atomic mass is 10.0. The van der Waals surface area contributed by atoms with Gasteiger partial charge in [-0.05, 0) is 40.7 Å². The van der Waals surface area contributed by atoms with Gasteiger partial charge < -0.3 is 9.47 Å². The predicted molar refractivity (Wildman–Crippen MR) is 75.2 cm³/mol. The van der Waals surface area contributed by atoms with E-state index in [9.17, 15) is 4.79 Å². The van der Waals surface area contributed by atoms with Crippen LogP contribution in [-0.4, -0.2) is 62.4 Å². The summed E-state index contributed by atoms with van der Waals surface area (Å²) in [5.74, 6) is -0.168. The molecule has 5 heteroatoms. The third-order valence-electron chi connectivity index (χ3n) is 3.55. The van der Waals surface area contributed by atoms with Gasteiger partial charge in [-0.2, -0.15) is 0 Å². The van der Waals surface area contributed by atoms with E-state index >= 15 is 0 Å². The summed E-state index contributed by atoms with van der Waals surface area (Å²) in [6, 6.07) is 0.722. The molecule has 0 aromatic heterocycles. The molecule has 0 bridgehead atoms. The molecule has 19 heavy (non-hydrogen) atoms. The van der Waals surface area contributed by atoms with Gasteiger partial charge in [0.1, 0.15) is 5.54 Å². The number of rotatable bonds is 9. The number of esters is 1. The Morgan fingerprint density at radius 1 is 1.53 bits per heavy atom. The summed E-state index contributed by atoms with van der Waals surface area (Å²) in [6.45, 7) is 7.54. The van der Waals surface area contributed by atoms with Crippen molar-refractivity contribution in [1.82, 2.24) is 10.2 Å². The SMILES string of the molecule is CCOC(=O)C(C)(CN(C)C(C)COC)NC1CC1. The molecule has 1 aliphatic carbocycles. The lowest BCUT2D eigenvalue weighted by molar-refractivity contribution is -0.151. The zero-order valence-corrected chi connectivity index (χ0v) is 12.9. The number of carbonyl (C=O) groups is 1. The third kappa shape index (κ3) is 5.09. The summed E-state index contributed by atoms with van der Waals surface area (Å²) in [7, 11) is 3.70. The molecule has 2 atom stereocenters. The molecular weight excluding hydrogens is 244 g/mol. The smallest absolute Gasteiger partial charge is 0.327 e. The maximum absolute atomic E-state index is 12.2. The van der Waals surface area contributed by atoms with E-state index in [-0.39, 0.29) is 12.0 Å². The summed E-state index contributed by atoms with van der Waals surface area (Å²) >= 11 is 0. The van der Waals surface area contributed by atoms with Crippen LogP contribution in [0, 0.1) is 0 Å². The van der Waals surface area contributed by atoms with E-state index < -0.39 is 5.54 Å². The molecule has 0 heterocycles.